The van der Waals surface area contributed by atoms with Crippen LogP contribution in [0.1, 0.15) is 31.8 Å². The minimum absolute atomic E-state index is 0.0255. The molecule has 0 aromatic heterocycles. The van der Waals surface area contributed by atoms with Crippen LogP contribution in [0.25, 0.3) is 6.08 Å². The summed E-state index contributed by atoms with van der Waals surface area (Å²) in [4.78, 5) is 49.7. The van der Waals surface area contributed by atoms with Gasteiger partial charge in [0, 0.05) is 33.8 Å². The summed E-state index contributed by atoms with van der Waals surface area (Å²) in [6.07, 6.45) is 1.45. The number of hydrogen-bond donors (Lipinski definition) is 2. The quantitative estimate of drug-likeness (QED) is 0.0786. The molecule has 4 aromatic rings. The van der Waals surface area contributed by atoms with Gasteiger partial charge in [0.05, 0.1) is 10.7 Å². The number of aryl methyl sites for hydroxylation is 1. The Bertz CT molecular complexity index is 1550. The standard InChI is InChI=1S/C31H25N3O5S/c1-21-7-11-23(12-8-21)29(35)20-40-27-17-13-25(14-18-27)32-31(37)28(33-30(36)24-5-3-2-4-6-24)19-22-9-15-26(16-10-22)34(38)39/h2-19H,20H2,1H3,(H,32,37)(H,33,36)/b28-19-. The minimum Gasteiger partial charge on any atom is -0.321 e. The summed E-state index contributed by atoms with van der Waals surface area (Å²) in [6.45, 7) is 1.97. The highest BCUT2D eigenvalue weighted by atomic mass is 32.2. The van der Waals surface area contributed by atoms with Crippen LogP contribution in [0.3, 0.4) is 0 Å². The highest BCUT2D eigenvalue weighted by Gasteiger charge is 2.16. The molecule has 40 heavy (non-hydrogen) atoms. The number of anilines is 1. The number of nitrogens with one attached hydrogen (secondary N) is 2. The summed E-state index contributed by atoms with van der Waals surface area (Å²) in [6, 6.07) is 28.5. The van der Waals surface area contributed by atoms with Crippen molar-refractivity contribution in [1.82, 2.24) is 5.32 Å². The third-order valence-electron chi connectivity index (χ3n) is 5.80. The molecule has 0 saturated heterocycles. The summed E-state index contributed by atoms with van der Waals surface area (Å²) in [5, 5.41) is 16.4. The lowest BCUT2D eigenvalue weighted by atomic mass is 10.1. The zero-order valence-electron chi connectivity index (χ0n) is 21.5. The number of ketones is 1. The van der Waals surface area contributed by atoms with Gasteiger partial charge in [0.15, 0.2) is 5.78 Å². The van der Waals surface area contributed by atoms with E-state index in [1.807, 2.05) is 31.2 Å². The van der Waals surface area contributed by atoms with Crippen LogP contribution in [0.5, 0.6) is 0 Å². The highest BCUT2D eigenvalue weighted by Crippen LogP contribution is 2.22. The van der Waals surface area contributed by atoms with Crippen LogP contribution in [0.4, 0.5) is 11.4 Å². The van der Waals surface area contributed by atoms with Gasteiger partial charge in [-0.2, -0.15) is 0 Å². The Hall–Kier alpha value is -5.02. The first-order chi connectivity index (χ1) is 19.3. The van der Waals surface area contributed by atoms with Crippen molar-refractivity contribution in [2.45, 2.75) is 11.8 Å². The van der Waals surface area contributed by atoms with Gasteiger partial charge in [-0.1, -0.05) is 48.0 Å². The SMILES string of the molecule is Cc1ccc(C(=O)CSc2ccc(NC(=O)/C(=C/c3ccc([N+](=O)[O-])cc3)NC(=O)c3ccccc3)cc2)cc1. The van der Waals surface area contributed by atoms with Gasteiger partial charge in [-0.3, -0.25) is 24.5 Å². The Balaban J connectivity index is 1.45. The van der Waals surface area contributed by atoms with Gasteiger partial charge in [-0.25, -0.2) is 0 Å². The summed E-state index contributed by atoms with van der Waals surface area (Å²) in [5.74, 6) is -0.744. The van der Waals surface area contributed by atoms with Crippen molar-refractivity contribution in [2.75, 3.05) is 11.1 Å². The van der Waals surface area contributed by atoms with Crippen LogP contribution < -0.4 is 10.6 Å². The number of hydrogen-bond acceptors (Lipinski definition) is 6. The Morgan fingerprint density at radius 2 is 1.48 bits per heavy atom. The maximum absolute atomic E-state index is 13.2. The first-order valence-corrected chi connectivity index (χ1v) is 13.2. The predicted octanol–water partition coefficient (Wildman–Crippen LogP) is 6.29. The maximum atomic E-state index is 13.2. The normalized spacial score (nSPS) is 11.0. The molecule has 0 radical (unpaired) electrons. The van der Waals surface area contributed by atoms with Crippen LogP contribution in [0, 0.1) is 17.0 Å². The predicted molar refractivity (Wildman–Crippen MR) is 156 cm³/mol. The number of thioether (sulfide) groups is 1. The van der Waals surface area contributed by atoms with E-state index in [4.69, 9.17) is 0 Å². The number of Topliss-reactive ketones (excluding diaryl/α,β-unsaturated/α-hetero) is 1. The van der Waals surface area contributed by atoms with Gasteiger partial charge in [0.25, 0.3) is 17.5 Å². The molecule has 0 atom stereocenters. The Labute approximate surface area is 235 Å². The van der Waals surface area contributed by atoms with Gasteiger partial charge >= 0.3 is 0 Å². The Kier molecular flexibility index (Phi) is 9.22. The first kappa shape index (κ1) is 28.0. The molecule has 9 heteroatoms. The summed E-state index contributed by atoms with van der Waals surface area (Å²) in [5.41, 5.74) is 2.97. The average molecular weight is 552 g/mol. The second-order valence-electron chi connectivity index (χ2n) is 8.78. The molecular formula is C31H25N3O5S. The van der Waals surface area contributed by atoms with Crippen LogP contribution >= 0.6 is 11.8 Å². The largest absolute Gasteiger partial charge is 0.321 e. The lowest BCUT2D eigenvalue weighted by Gasteiger charge is -2.12. The molecule has 4 aromatic carbocycles. The van der Waals surface area contributed by atoms with E-state index >= 15 is 0 Å². The van der Waals surface area contributed by atoms with Gasteiger partial charge in [-0.05, 0) is 67.1 Å². The van der Waals surface area contributed by atoms with Gasteiger partial charge in [0.1, 0.15) is 5.70 Å². The van der Waals surface area contributed by atoms with Crippen molar-refractivity contribution in [1.29, 1.82) is 0 Å². The van der Waals surface area contributed by atoms with Gasteiger partial charge < -0.3 is 10.6 Å². The summed E-state index contributed by atoms with van der Waals surface area (Å²) in [7, 11) is 0. The molecule has 0 aliphatic rings. The van der Waals surface area contributed by atoms with Gasteiger partial charge in [-0.15, -0.1) is 11.8 Å². The zero-order chi connectivity index (χ0) is 28.5. The number of carbonyl (C=O) groups is 3. The fourth-order valence-electron chi connectivity index (χ4n) is 3.61. The van der Waals surface area contributed by atoms with Crippen molar-refractivity contribution in [3.05, 3.63) is 141 Å². The van der Waals surface area contributed by atoms with Crippen LogP contribution in [0.2, 0.25) is 0 Å². The highest BCUT2D eigenvalue weighted by molar-refractivity contribution is 8.00. The van der Waals surface area contributed by atoms with E-state index in [0.717, 1.165) is 10.5 Å². The molecule has 2 amide bonds. The van der Waals surface area contributed by atoms with Gasteiger partial charge in [0.2, 0.25) is 0 Å². The number of nitrogens with zero attached hydrogens (tertiary/aromatic N) is 1. The monoisotopic (exact) mass is 551 g/mol. The van der Waals surface area contributed by atoms with E-state index in [1.165, 1.54) is 42.1 Å². The number of carbonyl (C=O) groups excluding carboxylic acids is 3. The molecule has 0 saturated carbocycles. The second kappa shape index (κ2) is 13.2. The number of nitro benzene ring substituents is 1. The molecule has 0 unspecified atom stereocenters. The van der Waals surface area contributed by atoms with Crippen molar-refractivity contribution in [3.63, 3.8) is 0 Å². The maximum Gasteiger partial charge on any atom is 0.272 e. The number of benzene rings is 4. The molecule has 200 valence electrons. The first-order valence-electron chi connectivity index (χ1n) is 12.2. The molecule has 2 N–H and O–H groups in total. The van der Waals surface area contributed by atoms with Crippen molar-refractivity contribution in [3.8, 4) is 0 Å². The van der Waals surface area contributed by atoms with E-state index in [0.29, 0.717) is 22.4 Å². The number of non-ortho nitro benzene ring substituents is 1. The molecule has 0 bridgehead atoms. The number of amides is 2. The summed E-state index contributed by atoms with van der Waals surface area (Å²) >= 11 is 1.39. The third kappa shape index (κ3) is 7.75. The van der Waals surface area contributed by atoms with Crippen molar-refractivity contribution >= 4 is 46.8 Å². The number of rotatable bonds is 10. The average Bonchev–Trinajstić information content (AvgIpc) is 2.97. The molecule has 0 aliphatic carbocycles. The molecular weight excluding hydrogens is 526 g/mol. The molecule has 4 rings (SSSR count). The fourth-order valence-corrected chi connectivity index (χ4v) is 4.40. The van der Waals surface area contributed by atoms with Crippen molar-refractivity contribution < 1.29 is 19.3 Å². The third-order valence-corrected chi connectivity index (χ3v) is 6.81. The lowest BCUT2D eigenvalue weighted by Crippen LogP contribution is -2.30. The van der Waals surface area contributed by atoms with Crippen LogP contribution in [-0.4, -0.2) is 28.3 Å². The van der Waals surface area contributed by atoms with Crippen LogP contribution in [-0.2, 0) is 4.79 Å². The zero-order valence-corrected chi connectivity index (χ0v) is 22.3. The Morgan fingerprint density at radius 1 is 0.825 bits per heavy atom. The Morgan fingerprint density at radius 3 is 2.10 bits per heavy atom. The van der Waals surface area contributed by atoms with E-state index < -0.39 is 16.7 Å². The van der Waals surface area contributed by atoms with E-state index in [2.05, 4.69) is 10.6 Å². The molecule has 0 fully saturated rings. The summed E-state index contributed by atoms with van der Waals surface area (Å²) < 4.78 is 0. The van der Waals surface area contributed by atoms with E-state index in [-0.39, 0.29) is 22.9 Å². The molecule has 0 aliphatic heterocycles. The molecule has 0 heterocycles. The van der Waals surface area contributed by atoms with E-state index in [1.54, 1.807) is 54.6 Å². The minimum atomic E-state index is -0.572. The topological polar surface area (TPSA) is 118 Å². The van der Waals surface area contributed by atoms with Crippen LogP contribution in [0.15, 0.2) is 114 Å². The smallest absolute Gasteiger partial charge is 0.272 e. The second-order valence-corrected chi connectivity index (χ2v) is 9.83. The van der Waals surface area contributed by atoms with Crippen molar-refractivity contribution in [2.24, 2.45) is 0 Å². The molecule has 0 spiro atoms. The van der Waals surface area contributed by atoms with E-state index in [9.17, 15) is 24.5 Å². The number of nitro groups is 1. The fraction of sp³-hybridized carbons (Fsp3) is 0.0645. The lowest BCUT2D eigenvalue weighted by molar-refractivity contribution is -0.384. The molecule has 8 nitrogen and oxygen atoms in total.